The van der Waals surface area contributed by atoms with Gasteiger partial charge in [-0.3, -0.25) is 4.79 Å². The number of hydrogen-bond donors (Lipinski definition) is 1. The largest absolute Gasteiger partial charge is 0.481 e. The van der Waals surface area contributed by atoms with Crippen molar-refractivity contribution in [1.82, 2.24) is 0 Å². The Morgan fingerprint density at radius 2 is 1.92 bits per heavy atom. The molecule has 126 valence electrons. The van der Waals surface area contributed by atoms with E-state index in [1.54, 1.807) is 18.7 Å². The van der Waals surface area contributed by atoms with E-state index in [0.717, 1.165) is 29.2 Å². The van der Waals surface area contributed by atoms with E-state index in [1.165, 1.54) is 24.0 Å². The Hall–Kier alpha value is -1.94. The minimum Gasteiger partial charge on any atom is -0.481 e. The maximum absolute atomic E-state index is 12.4. The first kappa shape index (κ1) is 16.9. The van der Waals surface area contributed by atoms with Crippen LogP contribution in [-0.2, 0) is 17.6 Å². The van der Waals surface area contributed by atoms with Gasteiger partial charge in [0.05, 0.1) is 0 Å². The number of aryl methyl sites for hydroxylation is 2. The highest BCUT2D eigenvalue weighted by atomic mass is 32.2. The summed E-state index contributed by atoms with van der Waals surface area (Å²) < 4.78 is 5.85. The minimum absolute atomic E-state index is 0.133. The zero-order valence-electron chi connectivity index (χ0n) is 14.2. The number of thioether (sulfide) groups is 1. The number of nitrogens with one attached hydrogen (secondary N) is 1. The van der Waals surface area contributed by atoms with Crippen molar-refractivity contribution in [2.75, 3.05) is 11.6 Å². The molecule has 1 N–H and O–H groups in total. The summed E-state index contributed by atoms with van der Waals surface area (Å²) in [5.41, 5.74) is 3.58. The number of anilines is 1. The van der Waals surface area contributed by atoms with Gasteiger partial charge in [0.15, 0.2) is 6.10 Å². The normalized spacial score (nSPS) is 14.6. The molecule has 0 bridgehead atoms. The van der Waals surface area contributed by atoms with E-state index in [-0.39, 0.29) is 5.91 Å². The molecule has 2 aromatic rings. The van der Waals surface area contributed by atoms with Crippen LogP contribution in [0.5, 0.6) is 5.75 Å². The number of fused-ring (bicyclic) bond motifs is 1. The molecule has 0 aromatic heterocycles. The van der Waals surface area contributed by atoms with Gasteiger partial charge in [-0.15, -0.1) is 11.8 Å². The van der Waals surface area contributed by atoms with Gasteiger partial charge in [0.1, 0.15) is 5.75 Å². The number of rotatable bonds is 5. The molecule has 0 aliphatic heterocycles. The third-order valence-corrected chi connectivity index (χ3v) is 5.06. The monoisotopic (exact) mass is 341 g/mol. The Labute approximate surface area is 147 Å². The SMILES string of the molecule is CSc1cccc(NC(=O)[C@H](C)Oc2ccc3c(c2)CCCC3)c1. The fraction of sp³-hybridized carbons (Fsp3) is 0.350. The van der Waals surface area contributed by atoms with Crippen molar-refractivity contribution in [3.63, 3.8) is 0 Å². The van der Waals surface area contributed by atoms with Crippen molar-refractivity contribution in [2.24, 2.45) is 0 Å². The fourth-order valence-electron chi connectivity index (χ4n) is 2.99. The summed E-state index contributed by atoms with van der Waals surface area (Å²) in [5, 5.41) is 2.92. The fourth-order valence-corrected chi connectivity index (χ4v) is 3.44. The van der Waals surface area contributed by atoms with E-state index < -0.39 is 6.10 Å². The highest BCUT2D eigenvalue weighted by Gasteiger charge is 2.16. The van der Waals surface area contributed by atoms with Crippen LogP contribution in [-0.4, -0.2) is 18.3 Å². The summed E-state index contributed by atoms with van der Waals surface area (Å²) in [5.74, 6) is 0.641. The lowest BCUT2D eigenvalue weighted by Crippen LogP contribution is -2.30. The molecule has 1 aliphatic rings. The van der Waals surface area contributed by atoms with Gasteiger partial charge in [-0.2, -0.15) is 0 Å². The van der Waals surface area contributed by atoms with E-state index >= 15 is 0 Å². The zero-order valence-corrected chi connectivity index (χ0v) is 15.0. The Kier molecular flexibility index (Phi) is 5.46. The summed E-state index contributed by atoms with van der Waals surface area (Å²) in [6.45, 7) is 1.78. The average Bonchev–Trinajstić information content (AvgIpc) is 2.61. The Bertz CT molecular complexity index is 729. The lowest BCUT2D eigenvalue weighted by molar-refractivity contribution is -0.122. The summed E-state index contributed by atoms with van der Waals surface area (Å²) >= 11 is 1.65. The summed E-state index contributed by atoms with van der Waals surface area (Å²) in [7, 11) is 0. The maximum Gasteiger partial charge on any atom is 0.265 e. The second-order valence-corrected chi connectivity index (χ2v) is 7.00. The maximum atomic E-state index is 12.4. The molecule has 0 saturated carbocycles. The highest BCUT2D eigenvalue weighted by molar-refractivity contribution is 7.98. The van der Waals surface area contributed by atoms with Gasteiger partial charge in [-0.25, -0.2) is 0 Å². The second kappa shape index (κ2) is 7.75. The number of carbonyl (C=O) groups excluding carboxylic acids is 1. The third kappa shape index (κ3) is 4.12. The van der Waals surface area contributed by atoms with Gasteiger partial charge in [0, 0.05) is 10.6 Å². The number of amides is 1. The van der Waals surface area contributed by atoms with Gasteiger partial charge in [-0.1, -0.05) is 12.1 Å². The predicted octanol–water partition coefficient (Wildman–Crippen LogP) is 4.69. The number of benzene rings is 2. The van der Waals surface area contributed by atoms with E-state index in [1.807, 2.05) is 36.6 Å². The molecule has 3 nitrogen and oxygen atoms in total. The van der Waals surface area contributed by atoms with Crippen LogP contribution in [0.1, 0.15) is 30.9 Å². The number of carbonyl (C=O) groups is 1. The molecule has 2 aromatic carbocycles. The van der Waals surface area contributed by atoms with Crippen molar-refractivity contribution in [3.8, 4) is 5.75 Å². The molecule has 0 fully saturated rings. The zero-order chi connectivity index (χ0) is 16.9. The molecular formula is C20H23NO2S. The summed E-state index contributed by atoms with van der Waals surface area (Å²) in [6, 6.07) is 14.0. The minimum atomic E-state index is -0.537. The van der Waals surface area contributed by atoms with E-state index in [4.69, 9.17) is 4.74 Å². The smallest absolute Gasteiger partial charge is 0.265 e. The van der Waals surface area contributed by atoms with Crippen LogP contribution in [0.4, 0.5) is 5.69 Å². The van der Waals surface area contributed by atoms with Crippen LogP contribution in [0.25, 0.3) is 0 Å². The molecule has 24 heavy (non-hydrogen) atoms. The second-order valence-electron chi connectivity index (χ2n) is 6.12. The van der Waals surface area contributed by atoms with Crippen LogP contribution in [0, 0.1) is 0 Å². The molecule has 4 heteroatoms. The van der Waals surface area contributed by atoms with E-state index in [0.29, 0.717) is 0 Å². The Morgan fingerprint density at radius 1 is 1.12 bits per heavy atom. The summed E-state index contributed by atoms with van der Waals surface area (Å²) in [6.07, 6.45) is 6.23. The molecule has 0 radical (unpaired) electrons. The predicted molar refractivity (Wildman–Crippen MR) is 100 cm³/mol. The highest BCUT2D eigenvalue weighted by Crippen LogP contribution is 2.26. The van der Waals surface area contributed by atoms with Crippen molar-refractivity contribution >= 4 is 23.4 Å². The van der Waals surface area contributed by atoms with Gasteiger partial charge < -0.3 is 10.1 Å². The molecule has 0 spiro atoms. The van der Waals surface area contributed by atoms with Gasteiger partial charge in [0.25, 0.3) is 5.91 Å². The number of ether oxygens (including phenoxy) is 1. The first-order valence-corrected chi connectivity index (χ1v) is 9.61. The summed E-state index contributed by atoms with van der Waals surface area (Å²) in [4.78, 5) is 13.5. The molecule has 0 heterocycles. The molecular weight excluding hydrogens is 318 g/mol. The van der Waals surface area contributed by atoms with Crippen molar-refractivity contribution in [1.29, 1.82) is 0 Å². The van der Waals surface area contributed by atoms with Gasteiger partial charge in [-0.05, 0) is 80.3 Å². The molecule has 0 saturated heterocycles. The molecule has 3 rings (SSSR count). The Balaban J connectivity index is 1.63. The topological polar surface area (TPSA) is 38.3 Å². The van der Waals surface area contributed by atoms with E-state index in [9.17, 15) is 4.79 Å². The van der Waals surface area contributed by atoms with E-state index in [2.05, 4.69) is 17.4 Å². The standard InChI is InChI=1S/C20H23NO2S/c1-14(20(22)21-17-8-5-9-19(13-17)24-2)23-18-11-10-15-6-3-4-7-16(15)12-18/h5,8-14H,3-4,6-7H2,1-2H3,(H,21,22)/t14-/m0/s1. The van der Waals surface area contributed by atoms with Crippen LogP contribution in [0.3, 0.4) is 0 Å². The van der Waals surface area contributed by atoms with Crippen molar-refractivity contribution in [3.05, 3.63) is 53.6 Å². The molecule has 0 unspecified atom stereocenters. The first-order valence-electron chi connectivity index (χ1n) is 8.39. The lowest BCUT2D eigenvalue weighted by Gasteiger charge is -2.19. The first-order chi connectivity index (χ1) is 11.7. The third-order valence-electron chi connectivity index (χ3n) is 4.34. The van der Waals surface area contributed by atoms with Gasteiger partial charge >= 0.3 is 0 Å². The quantitative estimate of drug-likeness (QED) is 0.802. The number of hydrogen-bond acceptors (Lipinski definition) is 3. The van der Waals surface area contributed by atoms with Crippen molar-refractivity contribution in [2.45, 2.75) is 43.6 Å². The lowest BCUT2D eigenvalue weighted by atomic mass is 9.92. The van der Waals surface area contributed by atoms with Crippen molar-refractivity contribution < 1.29 is 9.53 Å². The molecule has 1 aliphatic carbocycles. The molecule has 1 amide bonds. The Morgan fingerprint density at radius 3 is 2.71 bits per heavy atom. The van der Waals surface area contributed by atoms with Crippen LogP contribution in [0.15, 0.2) is 47.4 Å². The molecule has 1 atom stereocenters. The van der Waals surface area contributed by atoms with Gasteiger partial charge in [0.2, 0.25) is 0 Å². The van der Waals surface area contributed by atoms with Crippen LogP contribution < -0.4 is 10.1 Å². The average molecular weight is 341 g/mol. The van der Waals surface area contributed by atoms with Crippen LogP contribution in [0.2, 0.25) is 0 Å². The van der Waals surface area contributed by atoms with Crippen LogP contribution >= 0.6 is 11.8 Å².